The molecule has 2 N–H and O–H groups in total. The predicted octanol–water partition coefficient (Wildman–Crippen LogP) is 3.14. The Labute approximate surface area is 159 Å². The van der Waals surface area contributed by atoms with E-state index in [1.165, 1.54) is 46.3 Å². The van der Waals surface area contributed by atoms with Crippen LogP contribution < -0.4 is 10.9 Å². The van der Waals surface area contributed by atoms with Crippen molar-refractivity contribution in [3.8, 4) is 0 Å². The van der Waals surface area contributed by atoms with E-state index in [4.69, 9.17) is 0 Å². The second-order valence-electron chi connectivity index (χ2n) is 7.47. The zero-order chi connectivity index (χ0) is 19.3. The maximum atomic E-state index is 12.0. The van der Waals surface area contributed by atoms with Gasteiger partial charge in [0.05, 0.1) is 5.75 Å². The molecule has 26 heavy (non-hydrogen) atoms. The molecule has 0 unspecified atom stereocenters. The van der Waals surface area contributed by atoms with Crippen molar-refractivity contribution in [1.82, 2.24) is 15.3 Å². The Bertz CT molecular complexity index is 814. The maximum Gasteiger partial charge on any atom is 0.251 e. The van der Waals surface area contributed by atoms with Crippen molar-refractivity contribution in [2.45, 2.75) is 51.6 Å². The Kier molecular flexibility index (Phi) is 6.64. The van der Waals surface area contributed by atoms with Gasteiger partial charge in [0, 0.05) is 18.8 Å². The lowest BCUT2D eigenvalue weighted by Crippen LogP contribution is -2.28. The number of benzene rings is 1. The summed E-state index contributed by atoms with van der Waals surface area (Å²) in [4.78, 5) is 29.8. The molecule has 0 fully saturated rings. The summed E-state index contributed by atoms with van der Waals surface area (Å²) in [5.41, 5.74) is 5.08. The molecular weight excluding hydrogens is 346 g/mol. The lowest BCUT2D eigenvalue weighted by atomic mass is 9.83. The molecule has 140 valence electrons. The Morgan fingerprint density at radius 1 is 1.23 bits per heavy atom. The summed E-state index contributed by atoms with van der Waals surface area (Å²) >= 11 is 1.22. The number of aryl methyl sites for hydroxylation is 2. The molecule has 0 saturated carbocycles. The Morgan fingerprint density at radius 2 is 1.88 bits per heavy atom. The molecule has 6 heteroatoms. The monoisotopic (exact) mass is 373 g/mol. The van der Waals surface area contributed by atoms with E-state index in [0.29, 0.717) is 11.7 Å². The van der Waals surface area contributed by atoms with Crippen LogP contribution in [0.2, 0.25) is 0 Å². The van der Waals surface area contributed by atoms with Gasteiger partial charge in [-0.15, -0.1) is 0 Å². The number of aromatic nitrogens is 2. The second-order valence-corrected chi connectivity index (χ2v) is 8.43. The van der Waals surface area contributed by atoms with Crippen LogP contribution in [0.4, 0.5) is 0 Å². The van der Waals surface area contributed by atoms with E-state index in [0.717, 1.165) is 6.42 Å². The van der Waals surface area contributed by atoms with Crippen LogP contribution in [0, 0.1) is 13.8 Å². The van der Waals surface area contributed by atoms with Gasteiger partial charge in [0.15, 0.2) is 5.16 Å². The standard InChI is InChI=1S/C20H27N3O2S/c1-13-10-15(20(3,4)5)11-14(2)16(13)6-8-21-18(25)12-26-19-22-9-7-17(24)23-19/h7,9-11H,6,8,12H2,1-5H3,(H,21,25)(H,22,23,24). The van der Waals surface area contributed by atoms with Crippen molar-refractivity contribution in [2.24, 2.45) is 0 Å². The molecule has 2 aromatic rings. The molecular formula is C20H27N3O2S. The molecule has 0 aliphatic heterocycles. The van der Waals surface area contributed by atoms with E-state index in [1.54, 1.807) is 0 Å². The third-order valence-corrected chi connectivity index (χ3v) is 5.13. The summed E-state index contributed by atoms with van der Waals surface area (Å²) in [5.74, 6) is 0.163. The molecule has 1 amide bonds. The highest BCUT2D eigenvalue weighted by Gasteiger charge is 2.16. The molecule has 0 aliphatic rings. The van der Waals surface area contributed by atoms with Gasteiger partial charge in [0.1, 0.15) is 0 Å². The van der Waals surface area contributed by atoms with Crippen LogP contribution in [0.15, 0.2) is 34.3 Å². The van der Waals surface area contributed by atoms with Crippen molar-refractivity contribution in [3.05, 3.63) is 57.0 Å². The van der Waals surface area contributed by atoms with Gasteiger partial charge in [0.25, 0.3) is 5.56 Å². The van der Waals surface area contributed by atoms with Crippen molar-refractivity contribution in [1.29, 1.82) is 0 Å². The highest BCUT2D eigenvalue weighted by molar-refractivity contribution is 7.99. The zero-order valence-electron chi connectivity index (χ0n) is 16.1. The van der Waals surface area contributed by atoms with Crippen molar-refractivity contribution >= 4 is 17.7 Å². The van der Waals surface area contributed by atoms with E-state index in [-0.39, 0.29) is 22.6 Å². The average molecular weight is 374 g/mol. The van der Waals surface area contributed by atoms with Crippen LogP contribution in [0.5, 0.6) is 0 Å². The fourth-order valence-electron chi connectivity index (χ4n) is 2.76. The quantitative estimate of drug-likeness (QED) is 0.603. The topological polar surface area (TPSA) is 74.8 Å². The fraction of sp³-hybridized carbons (Fsp3) is 0.450. The number of carbonyl (C=O) groups excluding carboxylic acids is 1. The minimum atomic E-state index is -0.215. The maximum absolute atomic E-state index is 12.0. The molecule has 5 nitrogen and oxygen atoms in total. The fourth-order valence-corrected chi connectivity index (χ4v) is 3.44. The first kappa shape index (κ1) is 20.2. The first-order valence-corrected chi connectivity index (χ1v) is 9.71. The Hall–Kier alpha value is -2.08. The largest absolute Gasteiger partial charge is 0.355 e. The minimum Gasteiger partial charge on any atom is -0.355 e. The molecule has 0 saturated heterocycles. The molecule has 1 aromatic carbocycles. The van der Waals surface area contributed by atoms with Crippen LogP contribution in [0.1, 0.15) is 43.0 Å². The van der Waals surface area contributed by atoms with Gasteiger partial charge in [-0.1, -0.05) is 44.7 Å². The van der Waals surface area contributed by atoms with Crippen LogP contribution in [0.3, 0.4) is 0 Å². The number of thioether (sulfide) groups is 1. The van der Waals surface area contributed by atoms with E-state index >= 15 is 0 Å². The molecule has 0 radical (unpaired) electrons. The summed E-state index contributed by atoms with van der Waals surface area (Å²) in [7, 11) is 0. The number of amides is 1. The summed E-state index contributed by atoms with van der Waals surface area (Å²) in [6.45, 7) is 11.5. The number of hydrogen-bond donors (Lipinski definition) is 2. The predicted molar refractivity (Wildman–Crippen MR) is 107 cm³/mol. The molecule has 1 aromatic heterocycles. The number of aromatic amines is 1. The van der Waals surface area contributed by atoms with Crippen LogP contribution in [-0.4, -0.2) is 28.2 Å². The normalized spacial score (nSPS) is 11.4. The number of carbonyl (C=O) groups is 1. The van der Waals surface area contributed by atoms with Crippen LogP contribution in [-0.2, 0) is 16.6 Å². The zero-order valence-corrected chi connectivity index (χ0v) is 16.9. The summed E-state index contributed by atoms with van der Waals surface area (Å²) in [6.07, 6.45) is 2.24. The van der Waals surface area contributed by atoms with Crippen molar-refractivity contribution in [3.63, 3.8) is 0 Å². The first-order valence-electron chi connectivity index (χ1n) is 8.72. The molecule has 0 aliphatic carbocycles. The summed E-state index contributed by atoms with van der Waals surface area (Å²) in [6, 6.07) is 5.84. The van der Waals surface area contributed by atoms with Crippen LogP contribution in [0.25, 0.3) is 0 Å². The van der Waals surface area contributed by atoms with Crippen LogP contribution >= 0.6 is 11.8 Å². The van der Waals surface area contributed by atoms with E-state index in [9.17, 15) is 9.59 Å². The van der Waals surface area contributed by atoms with Gasteiger partial charge in [-0.2, -0.15) is 0 Å². The van der Waals surface area contributed by atoms with E-state index in [1.807, 2.05) is 0 Å². The Balaban J connectivity index is 1.87. The average Bonchev–Trinajstić information content (AvgIpc) is 2.54. The van der Waals surface area contributed by atoms with E-state index < -0.39 is 0 Å². The summed E-state index contributed by atoms with van der Waals surface area (Å²) in [5, 5.41) is 3.39. The first-order chi connectivity index (χ1) is 12.2. The smallest absolute Gasteiger partial charge is 0.251 e. The third-order valence-electron chi connectivity index (χ3n) is 4.25. The number of H-pyrrole nitrogens is 1. The van der Waals surface area contributed by atoms with Gasteiger partial charge < -0.3 is 10.3 Å². The van der Waals surface area contributed by atoms with E-state index in [2.05, 4.69) is 62.0 Å². The van der Waals surface area contributed by atoms with Crippen molar-refractivity contribution in [2.75, 3.05) is 12.3 Å². The number of nitrogens with one attached hydrogen (secondary N) is 2. The highest BCUT2D eigenvalue weighted by atomic mass is 32.2. The second kappa shape index (κ2) is 8.54. The van der Waals surface area contributed by atoms with Gasteiger partial charge in [-0.25, -0.2) is 4.98 Å². The minimum absolute atomic E-state index is 0.0666. The summed E-state index contributed by atoms with van der Waals surface area (Å²) < 4.78 is 0. The van der Waals surface area contributed by atoms with Gasteiger partial charge in [0.2, 0.25) is 5.91 Å². The molecule has 1 heterocycles. The van der Waals surface area contributed by atoms with Gasteiger partial charge in [-0.3, -0.25) is 9.59 Å². The SMILES string of the molecule is Cc1cc(C(C)(C)C)cc(C)c1CCNC(=O)CSc1nccc(=O)[nH]1. The number of nitrogens with zero attached hydrogens (tertiary/aromatic N) is 1. The number of rotatable bonds is 6. The van der Waals surface area contributed by atoms with Crippen molar-refractivity contribution < 1.29 is 4.79 Å². The molecule has 0 atom stereocenters. The lowest BCUT2D eigenvalue weighted by Gasteiger charge is -2.22. The lowest BCUT2D eigenvalue weighted by molar-refractivity contribution is -0.118. The van der Waals surface area contributed by atoms with Gasteiger partial charge >= 0.3 is 0 Å². The molecule has 2 rings (SSSR count). The molecule has 0 bridgehead atoms. The Morgan fingerprint density at radius 3 is 2.46 bits per heavy atom. The van der Waals surface area contributed by atoms with Gasteiger partial charge in [-0.05, 0) is 47.9 Å². The number of hydrogen-bond acceptors (Lipinski definition) is 4. The molecule has 0 spiro atoms. The highest BCUT2D eigenvalue weighted by Crippen LogP contribution is 2.27. The third kappa shape index (κ3) is 5.73.